The van der Waals surface area contributed by atoms with Gasteiger partial charge < -0.3 is 11.5 Å². The number of nitrogens with two attached hydrogens (primary N) is 2. The van der Waals surface area contributed by atoms with Gasteiger partial charge in [-0.25, -0.2) is 0 Å². The van der Waals surface area contributed by atoms with Crippen LogP contribution in [0.25, 0.3) is 22.3 Å². The second kappa shape index (κ2) is 5.94. The van der Waals surface area contributed by atoms with Gasteiger partial charge in [0, 0.05) is 11.4 Å². The molecule has 4 N–H and O–H groups in total. The van der Waals surface area contributed by atoms with Crippen LogP contribution in [0.2, 0.25) is 0 Å². The van der Waals surface area contributed by atoms with Crippen LogP contribution < -0.4 is 11.5 Å². The SMILES string of the molecule is CCc1ccc(-c2ccc(N)cc2)cc1-c1ccc(N)cc1. The van der Waals surface area contributed by atoms with Crippen LogP contribution in [-0.4, -0.2) is 0 Å². The van der Waals surface area contributed by atoms with Crippen LogP contribution >= 0.6 is 0 Å². The fourth-order valence-electron chi connectivity index (χ4n) is 2.67. The maximum Gasteiger partial charge on any atom is 0.0314 e. The van der Waals surface area contributed by atoms with Crippen molar-refractivity contribution >= 4 is 11.4 Å². The maximum atomic E-state index is 5.80. The van der Waals surface area contributed by atoms with Crippen LogP contribution in [0, 0.1) is 0 Å². The lowest BCUT2D eigenvalue weighted by atomic mass is 9.93. The van der Waals surface area contributed by atoms with Crippen molar-refractivity contribution < 1.29 is 0 Å². The molecule has 0 saturated carbocycles. The summed E-state index contributed by atoms with van der Waals surface area (Å²) >= 11 is 0. The minimum absolute atomic E-state index is 0.785. The molecule has 0 radical (unpaired) electrons. The van der Waals surface area contributed by atoms with Gasteiger partial charge in [0.05, 0.1) is 0 Å². The van der Waals surface area contributed by atoms with E-state index in [0.717, 1.165) is 17.8 Å². The Balaban J connectivity index is 2.10. The van der Waals surface area contributed by atoms with E-state index in [0.29, 0.717) is 0 Å². The number of benzene rings is 3. The van der Waals surface area contributed by atoms with Crippen molar-refractivity contribution in [3.05, 3.63) is 72.3 Å². The van der Waals surface area contributed by atoms with E-state index < -0.39 is 0 Å². The molecule has 0 aromatic heterocycles. The van der Waals surface area contributed by atoms with Gasteiger partial charge in [-0.1, -0.05) is 43.3 Å². The molecule has 3 aromatic rings. The molecular weight excluding hydrogens is 268 g/mol. The smallest absolute Gasteiger partial charge is 0.0314 e. The summed E-state index contributed by atoms with van der Waals surface area (Å²) in [6.07, 6.45) is 1.00. The predicted octanol–water partition coefficient (Wildman–Crippen LogP) is 4.75. The van der Waals surface area contributed by atoms with Crippen LogP contribution in [0.3, 0.4) is 0 Å². The lowest BCUT2D eigenvalue weighted by molar-refractivity contribution is 1.14. The molecule has 0 aliphatic rings. The molecular formula is C20H20N2. The second-order valence-electron chi connectivity index (χ2n) is 5.47. The van der Waals surface area contributed by atoms with Crippen molar-refractivity contribution in [1.29, 1.82) is 0 Å². The molecule has 3 aromatic carbocycles. The van der Waals surface area contributed by atoms with Gasteiger partial charge in [0.2, 0.25) is 0 Å². The highest BCUT2D eigenvalue weighted by Crippen LogP contribution is 2.30. The van der Waals surface area contributed by atoms with Gasteiger partial charge in [0.15, 0.2) is 0 Å². The third kappa shape index (κ3) is 2.82. The first-order valence-corrected chi connectivity index (χ1v) is 7.52. The van der Waals surface area contributed by atoms with E-state index in [-0.39, 0.29) is 0 Å². The zero-order valence-electron chi connectivity index (χ0n) is 12.7. The average Bonchev–Trinajstić information content (AvgIpc) is 2.56. The van der Waals surface area contributed by atoms with E-state index in [1.54, 1.807) is 0 Å². The monoisotopic (exact) mass is 288 g/mol. The van der Waals surface area contributed by atoms with E-state index >= 15 is 0 Å². The summed E-state index contributed by atoms with van der Waals surface area (Å²) in [6.45, 7) is 2.18. The third-order valence-electron chi connectivity index (χ3n) is 3.96. The first kappa shape index (κ1) is 14.2. The highest BCUT2D eigenvalue weighted by Gasteiger charge is 2.07. The van der Waals surface area contributed by atoms with Crippen LogP contribution in [0.5, 0.6) is 0 Å². The van der Waals surface area contributed by atoms with Gasteiger partial charge in [0.1, 0.15) is 0 Å². The van der Waals surface area contributed by atoms with Crippen molar-refractivity contribution in [2.24, 2.45) is 0 Å². The van der Waals surface area contributed by atoms with E-state index in [9.17, 15) is 0 Å². The molecule has 22 heavy (non-hydrogen) atoms. The van der Waals surface area contributed by atoms with Gasteiger partial charge in [0.25, 0.3) is 0 Å². The van der Waals surface area contributed by atoms with Crippen molar-refractivity contribution in [1.82, 2.24) is 0 Å². The van der Waals surface area contributed by atoms with Gasteiger partial charge in [-0.15, -0.1) is 0 Å². The molecule has 0 spiro atoms. The average molecular weight is 288 g/mol. The minimum atomic E-state index is 0.785. The van der Waals surface area contributed by atoms with Gasteiger partial charge in [-0.05, 0) is 64.6 Å². The highest BCUT2D eigenvalue weighted by atomic mass is 14.5. The van der Waals surface area contributed by atoms with E-state index in [1.807, 2.05) is 24.3 Å². The Bertz CT molecular complexity index is 772. The summed E-state index contributed by atoms with van der Waals surface area (Å²) in [6, 6.07) is 22.7. The summed E-state index contributed by atoms with van der Waals surface area (Å²) in [5.41, 5.74) is 19.3. The summed E-state index contributed by atoms with van der Waals surface area (Å²) in [4.78, 5) is 0. The van der Waals surface area contributed by atoms with Gasteiger partial charge >= 0.3 is 0 Å². The lowest BCUT2D eigenvalue weighted by Crippen LogP contribution is -1.91. The first-order chi connectivity index (χ1) is 10.7. The number of rotatable bonds is 3. The molecule has 110 valence electrons. The molecule has 0 heterocycles. The minimum Gasteiger partial charge on any atom is -0.399 e. The van der Waals surface area contributed by atoms with E-state index in [2.05, 4.69) is 49.4 Å². The zero-order chi connectivity index (χ0) is 15.5. The number of aryl methyl sites for hydroxylation is 1. The number of hydrogen-bond acceptors (Lipinski definition) is 2. The number of hydrogen-bond donors (Lipinski definition) is 2. The molecule has 0 amide bonds. The summed E-state index contributed by atoms with van der Waals surface area (Å²) < 4.78 is 0. The van der Waals surface area contributed by atoms with Crippen molar-refractivity contribution in [3.63, 3.8) is 0 Å². The fraction of sp³-hybridized carbons (Fsp3) is 0.100. The normalized spacial score (nSPS) is 10.6. The molecule has 0 aliphatic carbocycles. The van der Waals surface area contributed by atoms with Crippen LogP contribution in [0.1, 0.15) is 12.5 Å². The second-order valence-corrected chi connectivity index (χ2v) is 5.47. The molecule has 2 heteroatoms. The van der Waals surface area contributed by atoms with Crippen molar-refractivity contribution in [2.75, 3.05) is 11.5 Å². The molecule has 0 atom stereocenters. The van der Waals surface area contributed by atoms with E-state index in [4.69, 9.17) is 11.5 Å². The molecule has 2 nitrogen and oxygen atoms in total. The van der Waals surface area contributed by atoms with Gasteiger partial charge in [-0.3, -0.25) is 0 Å². The number of anilines is 2. The summed E-state index contributed by atoms with van der Waals surface area (Å²) in [5.74, 6) is 0. The Kier molecular flexibility index (Phi) is 3.84. The zero-order valence-corrected chi connectivity index (χ0v) is 12.7. The quantitative estimate of drug-likeness (QED) is 0.683. The van der Waals surface area contributed by atoms with Crippen molar-refractivity contribution in [3.8, 4) is 22.3 Å². The fourth-order valence-corrected chi connectivity index (χ4v) is 2.67. The maximum absolute atomic E-state index is 5.80. The standard InChI is InChI=1S/C20H20N2/c1-2-14-3-4-17(15-5-9-18(21)10-6-15)13-20(14)16-7-11-19(22)12-8-16/h3-13H,2,21-22H2,1H3. The molecule has 0 unspecified atom stereocenters. The Morgan fingerprint density at radius 2 is 1.14 bits per heavy atom. The topological polar surface area (TPSA) is 52.0 Å². The van der Waals surface area contributed by atoms with Gasteiger partial charge in [-0.2, -0.15) is 0 Å². The Hall–Kier alpha value is -2.74. The predicted molar refractivity (Wildman–Crippen MR) is 95.5 cm³/mol. The van der Waals surface area contributed by atoms with Crippen LogP contribution in [-0.2, 0) is 6.42 Å². The molecule has 3 rings (SSSR count). The van der Waals surface area contributed by atoms with Crippen LogP contribution in [0.15, 0.2) is 66.7 Å². The molecule has 0 aliphatic heterocycles. The first-order valence-electron chi connectivity index (χ1n) is 7.52. The Labute approximate surface area is 131 Å². The lowest BCUT2D eigenvalue weighted by Gasteiger charge is -2.12. The Morgan fingerprint density at radius 1 is 0.636 bits per heavy atom. The summed E-state index contributed by atoms with van der Waals surface area (Å²) in [5, 5.41) is 0. The largest absolute Gasteiger partial charge is 0.399 e. The highest BCUT2D eigenvalue weighted by molar-refractivity contribution is 5.76. The summed E-state index contributed by atoms with van der Waals surface area (Å²) in [7, 11) is 0. The van der Waals surface area contributed by atoms with Crippen LogP contribution in [0.4, 0.5) is 11.4 Å². The molecule has 0 saturated heterocycles. The molecule has 0 bridgehead atoms. The van der Waals surface area contributed by atoms with E-state index in [1.165, 1.54) is 27.8 Å². The van der Waals surface area contributed by atoms with Crippen molar-refractivity contribution in [2.45, 2.75) is 13.3 Å². The number of nitrogen functional groups attached to an aromatic ring is 2. The molecule has 0 fully saturated rings. The third-order valence-corrected chi connectivity index (χ3v) is 3.96. The Morgan fingerprint density at radius 3 is 1.68 bits per heavy atom.